The Labute approximate surface area is 127 Å². The number of nitrogens with zero attached hydrogens (tertiary/aromatic N) is 1. The van der Waals surface area contributed by atoms with Gasteiger partial charge >= 0.3 is 0 Å². The van der Waals surface area contributed by atoms with E-state index in [0.29, 0.717) is 5.54 Å². The van der Waals surface area contributed by atoms with E-state index in [9.17, 15) is 0 Å². The van der Waals surface area contributed by atoms with Crippen LogP contribution in [0.25, 0.3) is 0 Å². The van der Waals surface area contributed by atoms with E-state index >= 15 is 0 Å². The number of hydrogen-bond acceptors (Lipinski definition) is 4. The van der Waals surface area contributed by atoms with Crippen LogP contribution in [0.2, 0.25) is 0 Å². The van der Waals surface area contributed by atoms with Crippen molar-refractivity contribution in [3.8, 4) is 11.5 Å². The van der Waals surface area contributed by atoms with E-state index in [1.165, 1.54) is 18.4 Å². The molecule has 21 heavy (non-hydrogen) atoms. The first-order chi connectivity index (χ1) is 10.1. The minimum absolute atomic E-state index is 0.300. The second kappa shape index (κ2) is 5.85. The van der Waals surface area contributed by atoms with Crippen molar-refractivity contribution >= 4 is 0 Å². The zero-order valence-corrected chi connectivity index (χ0v) is 13.3. The smallest absolute Gasteiger partial charge is 0.161 e. The van der Waals surface area contributed by atoms with E-state index in [4.69, 9.17) is 9.47 Å². The summed E-state index contributed by atoms with van der Waals surface area (Å²) in [5.41, 5.74) is 1.59. The summed E-state index contributed by atoms with van der Waals surface area (Å²) >= 11 is 0. The van der Waals surface area contributed by atoms with E-state index in [0.717, 1.165) is 43.6 Å². The normalized spacial score (nSPS) is 26.6. The van der Waals surface area contributed by atoms with Gasteiger partial charge in [0.2, 0.25) is 0 Å². The minimum Gasteiger partial charge on any atom is -0.493 e. The van der Waals surface area contributed by atoms with E-state index in [2.05, 4.69) is 29.3 Å². The molecule has 0 bridgehead atoms. The number of rotatable bonds is 5. The molecule has 3 rings (SSSR count). The lowest BCUT2D eigenvalue weighted by molar-refractivity contribution is 0.121. The Morgan fingerprint density at radius 3 is 2.67 bits per heavy atom. The quantitative estimate of drug-likeness (QED) is 0.902. The molecule has 1 aromatic rings. The molecular formula is C17H26N2O2. The van der Waals surface area contributed by atoms with Gasteiger partial charge in [-0.15, -0.1) is 0 Å². The van der Waals surface area contributed by atoms with Crippen molar-refractivity contribution in [3.05, 3.63) is 23.8 Å². The molecule has 1 saturated heterocycles. The largest absolute Gasteiger partial charge is 0.493 e. The highest BCUT2D eigenvalue weighted by Crippen LogP contribution is 2.41. The molecule has 0 radical (unpaired) electrons. The van der Waals surface area contributed by atoms with E-state index in [-0.39, 0.29) is 0 Å². The monoisotopic (exact) mass is 290 g/mol. The van der Waals surface area contributed by atoms with Crippen molar-refractivity contribution in [2.75, 3.05) is 33.9 Å². The molecule has 1 atom stereocenters. The number of methoxy groups -OCH3 is 2. The predicted octanol–water partition coefficient (Wildman–Crippen LogP) is 2.28. The maximum Gasteiger partial charge on any atom is 0.161 e. The summed E-state index contributed by atoms with van der Waals surface area (Å²) in [5.74, 6) is 2.48. The Kier molecular flexibility index (Phi) is 4.09. The van der Waals surface area contributed by atoms with E-state index in [1.54, 1.807) is 14.2 Å². The predicted molar refractivity (Wildman–Crippen MR) is 84.0 cm³/mol. The van der Waals surface area contributed by atoms with Crippen LogP contribution in [0.4, 0.5) is 0 Å². The molecule has 1 N–H and O–H groups in total. The molecule has 116 valence electrons. The van der Waals surface area contributed by atoms with Crippen molar-refractivity contribution in [1.82, 2.24) is 10.2 Å². The molecule has 1 heterocycles. The summed E-state index contributed by atoms with van der Waals surface area (Å²) in [7, 11) is 3.37. The van der Waals surface area contributed by atoms with Gasteiger partial charge in [-0.1, -0.05) is 6.07 Å². The molecule has 1 aliphatic heterocycles. The molecule has 1 aromatic carbocycles. The van der Waals surface area contributed by atoms with Gasteiger partial charge in [0.05, 0.1) is 14.2 Å². The fraction of sp³-hybridized carbons (Fsp3) is 0.647. The van der Waals surface area contributed by atoms with Crippen LogP contribution < -0.4 is 14.8 Å². The molecular weight excluding hydrogens is 264 g/mol. The first-order valence-corrected chi connectivity index (χ1v) is 7.83. The van der Waals surface area contributed by atoms with Crippen LogP contribution in [0, 0.1) is 5.92 Å². The van der Waals surface area contributed by atoms with Gasteiger partial charge in [0.15, 0.2) is 11.5 Å². The SMILES string of the molecule is COc1ccc(CN2CCNC(C)(C3CC3)C2)cc1OC. The highest BCUT2D eigenvalue weighted by atomic mass is 16.5. The van der Waals surface area contributed by atoms with Gasteiger partial charge in [-0.05, 0) is 43.4 Å². The zero-order chi connectivity index (χ0) is 14.9. The molecule has 2 aliphatic rings. The van der Waals surface area contributed by atoms with Crippen LogP contribution in [0.5, 0.6) is 11.5 Å². The maximum absolute atomic E-state index is 5.40. The number of piperazine rings is 1. The topological polar surface area (TPSA) is 33.7 Å². The second-order valence-corrected chi connectivity index (χ2v) is 6.52. The summed E-state index contributed by atoms with van der Waals surface area (Å²) in [4.78, 5) is 2.55. The fourth-order valence-corrected chi connectivity index (χ4v) is 3.47. The van der Waals surface area contributed by atoms with Crippen LogP contribution in [0.15, 0.2) is 18.2 Å². The van der Waals surface area contributed by atoms with E-state index in [1.807, 2.05) is 6.07 Å². The average Bonchev–Trinajstić information content (AvgIpc) is 3.32. The molecule has 4 heteroatoms. The summed E-state index contributed by atoms with van der Waals surface area (Å²) in [6.45, 7) is 6.68. The third-order valence-corrected chi connectivity index (χ3v) is 4.84. The number of benzene rings is 1. The number of ether oxygens (including phenoxy) is 2. The summed E-state index contributed by atoms with van der Waals surface area (Å²) < 4.78 is 10.7. The highest BCUT2D eigenvalue weighted by molar-refractivity contribution is 5.42. The van der Waals surface area contributed by atoms with Crippen molar-refractivity contribution in [1.29, 1.82) is 0 Å². The summed E-state index contributed by atoms with van der Waals surface area (Å²) in [5, 5.41) is 3.73. The number of hydrogen-bond donors (Lipinski definition) is 1. The highest BCUT2D eigenvalue weighted by Gasteiger charge is 2.43. The molecule has 0 spiro atoms. The van der Waals surface area contributed by atoms with E-state index < -0.39 is 0 Å². The molecule has 1 aliphatic carbocycles. The third-order valence-electron chi connectivity index (χ3n) is 4.84. The second-order valence-electron chi connectivity index (χ2n) is 6.52. The van der Waals surface area contributed by atoms with Gasteiger partial charge in [0, 0.05) is 31.7 Å². The van der Waals surface area contributed by atoms with Gasteiger partial charge in [-0.2, -0.15) is 0 Å². The van der Waals surface area contributed by atoms with Gasteiger partial charge in [-0.3, -0.25) is 4.90 Å². The van der Waals surface area contributed by atoms with Crippen LogP contribution >= 0.6 is 0 Å². The minimum atomic E-state index is 0.300. The van der Waals surface area contributed by atoms with Gasteiger partial charge in [0.25, 0.3) is 0 Å². The van der Waals surface area contributed by atoms with Crippen molar-refractivity contribution in [3.63, 3.8) is 0 Å². The zero-order valence-electron chi connectivity index (χ0n) is 13.3. The lowest BCUT2D eigenvalue weighted by atomic mass is 9.92. The molecule has 0 amide bonds. The molecule has 4 nitrogen and oxygen atoms in total. The molecule has 0 aromatic heterocycles. The first-order valence-electron chi connectivity index (χ1n) is 7.83. The van der Waals surface area contributed by atoms with Crippen molar-refractivity contribution in [2.24, 2.45) is 5.92 Å². The number of nitrogens with one attached hydrogen (secondary N) is 1. The summed E-state index contributed by atoms with van der Waals surface area (Å²) in [6, 6.07) is 6.23. The molecule has 1 unspecified atom stereocenters. The lowest BCUT2D eigenvalue weighted by Gasteiger charge is -2.42. The van der Waals surface area contributed by atoms with Crippen molar-refractivity contribution < 1.29 is 9.47 Å². The average molecular weight is 290 g/mol. The Balaban J connectivity index is 1.68. The van der Waals surface area contributed by atoms with Gasteiger partial charge < -0.3 is 14.8 Å². The Bertz CT molecular complexity index is 502. The van der Waals surface area contributed by atoms with Gasteiger partial charge in [-0.25, -0.2) is 0 Å². The van der Waals surface area contributed by atoms with Crippen LogP contribution in [-0.4, -0.2) is 44.3 Å². The van der Waals surface area contributed by atoms with Crippen LogP contribution in [0.1, 0.15) is 25.3 Å². The maximum atomic E-state index is 5.40. The Hall–Kier alpha value is -1.26. The Morgan fingerprint density at radius 1 is 1.24 bits per heavy atom. The Morgan fingerprint density at radius 2 is 2.00 bits per heavy atom. The standard InChI is InChI=1S/C17H26N2O2/c1-17(14-5-6-14)12-19(9-8-18-17)11-13-4-7-15(20-2)16(10-13)21-3/h4,7,10,14,18H,5-6,8-9,11-12H2,1-3H3. The first kappa shape index (κ1) is 14.7. The summed E-state index contributed by atoms with van der Waals surface area (Å²) in [6.07, 6.45) is 2.77. The molecule has 1 saturated carbocycles. The van der Waals surface area contributed by atoms with Crippen molar-refractivity contribution in [2.45, 2.75) is 31.8 Å². The van der Waals surface area contributed by atoms with Crippen LogP contribution in [-0.2, 0) is 6.54 Å². The van der Waals surface area contributed by atoms with Crippen LogP contribution in [0.3, 0.4) is 0 Å². The van der Waals surface area contributed by atoms with Gasteiger partial charge in [0.1, 0.15) is 0 Å². The fourth-order valence-electron chi connectivity index (χ4n) is 3.47. The molecule has 2 fully saturated rings. The lowest BCUT2D eigenvalue weighted by Crippen LogP contribution is -2.59. The third kappa shape index (κ3) is 3.16.